The topological polar surface area (TPSA) is 19.7 Å². The fraction of sp³-hybridized carbons (Fsp3) is 0.737. The zero-order valence-electron chi connectivity index (χ0n) is 14.0. The van der Waals surface area contributed by atoms with Crippen LogP contribution in [-0.2, 0) is 0 Å². The van der Waals surface area contributed by atoms with Crippen LogP contribution in [0.2, 0.25) is 0 Å². The highest BCUT2D eigenvalue weighted by molar-refractivity contribution is 4.69. The Morgan fingerprint density at radius 1 is 1.00 bits per heavy atom. The SMILES string of the molecule is C=CCCC(CCCCCCCCCCC)[n+]1cc[nH]c1. The maximum atomic E-state index is 3.85. The van der Waals surface area contributed by atoms with Gasteiger partial charge in [-0.15, -0.1) is 6.58 Å². The molecule has 2 nitrogen and oxygen atoms in total. The summed E-state index contributed by atoms with van der Waals surface area (Å²) in [6, 6.07) is 0.638. The molecule has 0 aliphatic heterocycles. The zero-order chi connectivity index (χ0) is 15.2. The van der Waals surface area contributed by atoms with Crippen LogP contribution in [0.15, 0.2) is 31.4 Å². The lowest BCUT2D eigenvalue weighted by molar-refractivity contribution is -0.723. The number of hydrogen-bond acceptors (Lipinski definition) is 0. The second-order valence-electron chi connectivity index (χ2n) is 6.20. The molecular weight excluding hydrogens is 256 g/mol. The first-order valence-electron chi connectivity index (χ1n) is 9.03. The molecule has 1 N–H and O–H groups in total. The van der Waals surface area contributed by atoms with Crippen LogP contribution in [0.4, 0.5) is 0 Å². The summed E-state index contributed by atoms with van der Waals surface area (Å²) in [6.07, 6.45) is 24.6. The van der Waals surface area contributed by atoms with E-state index in [0.29, 0.717) is 6.04 Å². The van der Waals surface area contributed by atoms with E-state index in [-0.39, 0.29) is 0 Å². The van der Waals surface area contributed by atoms with E-state index in [1.54, 1.807) is 0 Å². The van der Waals surface area contributed by atoms with Crippen molar-refractivity contribution < 1.29 is 4.57 Å². The van der Waals surface area contributed by atoms with E-state index in [4.69, 9.17) is 0 Å². The molecule has 2 heteroatoms. The normalized spacial score (nSPS) is 12.4. The molecule has 0 saturated heterocycles. The van der Waals surface area contributed by atoms with E-state index in [1.807, 2.05) is 12.3 Å². The van der Waals surface area contributed by atoms with Gasteiger partial charge in [-0.3, -0.25) is 4.98 Å². The van der Waals surface area contributed by atoms with Crippen molar-refractivity contribution in [1.29, 1.82) is 0 Å². The van der Waals surface area contributed by atoms with Crippen LogP contribution in [0.1, 0.15) is 90.0 Å². The fourth-order valence-corrected chi connectivity index (χ4v) is 2.97. The molecule has 120 valence electrons. The van der Waals surface area contributed by atoms with E-state index in [2.05, 4.69) is 35.6 Å². The molecule has 0 aliphatic rings. The van der Waals surface area contributed by atoms with Gasteiger partial charge in [0.25, 0.3) is 0 Å². The zero-order valence-corrected chi connectivity index (χ0v) is 14.0. The second-order valence-corrected chi connectivity index (χ2v) is 6.20. The number of hydrogen-bond donors (Lipinski definition) is 1. The van der Waals surface area contributed by atoms with Crippen molar-refractivity contribution in [2.45, 2.75) is 90.0 Å². The lowest BCUT2D eigenvalue weighted by atomic mass is 10.0. The highest BCUT2D eigenvalue weighted by Gasteiger charge is 2.13. The molecule has 1 rings (SSSR count). The van der Waals surface area contributed by atoms with E-state index in [1.165, 1.54) is 70.6 Å². The van der Waals surface area contributed by atoms with Gasteiger partial charge >= 0.3 is 0 Å². The Hall–Kier alpha value is -1.05. The standard InChI is InChI=1S/C19H34N2/c1-3-5-7-8-9-10-11-12-13-15-19(14-6-4-2)21-17-16-20-18-21/h4,16-19H,2-3,5-15H2,1H3/p+1. The largest absolute Gasteiger partial charge is 0.250 e. The molecule has 0 aliphatic carbocycles. The summed E-state index contributed by atoms with van der Waals surface area (Å²) in [5, 5.41) is 0. The minimum Gasteiger partial charge on any atom is -0.250 e. The molecule has 0 saturated carbocycles. The van der Waals surface area contributed by atoms with Crippen molar-refractivity contribution in [3.8, 4) is 0 Å². The molecule has 0 aromatic carbocycles. The third-order valence-corrected chi connectivity index (χ3v) is 4.33. The lowest BCUT2D eigenvalue weighted by Crippen LogP contribution is -2.36. The monoisotopic (exact) mass is 291 g/mol. The van der Waals surface area contributed by atoms with Gasteiger partial charge in [-0.05, 0) is 25.7 Å². The summed E-state index contributed by atoms with van der Waals surface area (Å²) in [4.78, 5) is 3.16. The molecule has 0 radical (unpaired) electrons. The number of aromatic amines is 1. The van der Waals surface area contributed by atoms with Gasteiger partial charge in [0.2, 0.25) is 6.33 Å². The highest BCUT2D eigenvalue weighted by atomic mass is 15.0. The van der Waals surface area contributed by atoms with Crippen LogP contribution in [0.3, 0.4) is 0 Å². The number of nitrogens with one attached hydrogen (secondary N) is 1. The smallest absolute Gasteiger partial charge is 0.241 e. The third-order valence-electron chi connectivity index (χ3n) is 4.33. The average molecular weight is 292 g/mol. The Kier molecular flexibility index (Phi) is 10.9. The van der Waals surface area contributed by atoms with Crippen molar-refractivity contribution in [1.82, 2.24) is 4.98 Å². The molecule has 0 bridgehead atoms. The van der Waals surface area contributed by atoms with E-state index in [9.17, 15) is 0 Å². The predicted octanol–water partition coefficient (Wildman–Crippen LogP) is 5.73. The van der Waals surface area contributed by atoms with Gasteiger partial charge in [0, 0.05) is 0 Å². The number of rotatable bonds is 14. The Morgan fingerprint density at radius 2 is 1.67 bits per heavy atom. The lowest BCUT2D eigenvalue weighted by Gasteiger charge is -2.12. The predicted molar refractivity (Wildman–Crippen MR) is 91.3 cm³/mol. The molecule has 0 fully saturated rings. The number of nitrogens with zero attached hydrogens (tertiary/aromatic N) is 1. The summed E-state index contributed by atoms with van der Waals surface area (Å²) in [5.41, 5.74) is 0. The van der Waals surface area contributed by atoms with Crippen molar-refractivity contribution in [3.63, 3.8) is 0 Å². The molecule has 1 atom stereocenters. The summed E-state index contributed by atoms with van der Waals surface area (Å²) >= 11 is 0. The van der Waals surface area contributed by atoms with E-state index in [0.717, 1.165) is 6.42 Å². The Bertz CT molecular complexity index is 329. The van der Waals surface area contributed by atoms with Crippen LogP contribution in [0, 0.1) is 0 Å². The number of aromatic nitrogens is 2. The molecule has 1 unspecified atom stereocenters. The van der Waals surface area contributed by atoms with Gasteiger partial charge in [-0.25, -0.2) is 4.57 Å². The quantitative estimate of drug-likeness (QED) is 0.256. The molecule has 1 aromatic rings. The minimum atomic E-state index is 0.638. The molecule has 1 heterocycles. The van der Waals surface area contributed by atoms with Crippen LogP contribution < -0.4 is 4.57 Å². The summed E-state index contributed by atoms with van der Waals surface area (Å²) < 4.78 is 2.33. The van der Waals surface area contributed by atoms with Gasteiger partial charge in [-0.2, -0.15) is 0 Å². The minimum absolute atomic E-state index is 0.638. The van der Waals surface area contributed by atoms with E-state index >= 15 is 0 Å². The number of unbranched alkanes of at least 4 members (excludes halogenated alkanes) is 8. The first kappa shape index (κ1) is 18.0. The Morgan fingerprint density at radius 3 is 2.24 bits per heavy atom. The molecular formula is C19H35N2+. The maximum Gasteiger partial charge on any atom is 0.241 e. The molecule has 0 spiro atoms. The number of imidazole rings is 1. The fourth-order valence-electron chi connectivity index (χ4n) is 2.97. The molecule has 21 heavy (non-hydrogen) atoms. The van der Waals surface area contributed by atoms with Crippen molar-refractivity contribution in [2.75, 3.05) is 0 Å². The van der Waals surface area contributed by atoms with Crippen LogP contribution in [0.5, 0.6) is 0 Å². The summed E-state index contributed by atoms with van der Waals surface area (Å²) in [7, 11) is 0. The van der Waals surface area contributed by atoms with Crippen LogP contribution >= 0.6 is 0 Å². The Balaban J connectivity index is 2.06. The van der Waals surface area contributed by atoms with Crippen LogP contribution in [0.25, 0.3) is 0 Å². The average Bonchev–Trinajstić information content (AvgIpc) is 3.02. The first-order valence-corrected chi connectivity index (χ1v) is 9.03. The third kappa shape index (κ3) is 8.75. The molecule has 0 amide bonds. The maximum absolute atomic E-state index is 3.85. The van der Waals surface area contributed by atoms with Crippen molar-refractivity contribution >= 4 is 0 Å². The first-order chi connectivity index (χ1) is 10.4. The van der Waals surface area contributed by atoms with E-state index < -0.39 is 0 Å². The van der Waals surface area contributed by atoms with Gasteiger partial charge < -0.3 is 0 Å². The summed E-state index contributed by atoms with van der Waals surface area (Å²) in [6.45, 7) is 6.13. The van der Waals surface area contributed by atoms with Gasteiger partial charge in [0.05, 0.1) is 0 Å². The summed E-state index contributed by atoms with van der Waals surface area (Å²) in [5.74, 6) is 0. The second kappa shape index (κ2) is 12.7. The van der Waals surface area contributed by atoms with Gasteiger partial charge in [0.15, 0.2) is 0 Å². The molecule has 1 aromatic heterocycles. The highest BCUT2D eigenvalue weighted by Crippen LogP contribution is 2.17. The van der Waals surface area contributed by atoms with Crippen molar-refractivity contribution in [3.05, 3.63) is 31.4 Å². The Labute approximate surface area is 131 Å². The van der Waals surface area contributed by atoms with Gasteiger partial charge in [-0.1, -0.05) is 64.4 Å². The van der Waals surface area contributed by atoms with Gasteiger partial charge in [0.1, 0.15) is 18.4 Å². The number of H-pyrrole nitrogens is 1. The van der Waals surface area contributed by atoms with Crippen molar-refractivity contribution in [2.24, 2.45) is 0 Å². The van der Waals surface area contributed by atoms with Crippen LogP contribution in [-0.4, -0.2) is 4.98 Å². The number of allylic oxidation sites excluding steroid dienone is 1.